The highest BCUT2D eigenvalue weighted by molar-refractivity contribution is 7.98. The lowest BCUT2D eigenvalue weighted by Gasteiger charge is -2.08. The van der Waals surface area contributed by atoms with E-state index in [-0.39, 0.29) is 17.5 Å². The Kier molecular flexibility index (Phi) is 4.34. The summed E-state index contributed by atoms with van der Waals surface area (Å²) in [4.78, 5) is 13.3. The zero-order valence-corrected chi connectivity index (χ0v) is 12.5. The third-order valence-electron chi connectivity index (χ3n) is 2.98. The van der Waals surface area contributed by atoms with E-state index in [9.17, 15) is 4.79 Å². The summed E-state index contributed by atoms with van der Waals surface area (Å²) in [7, 11) is 0. The van der Waals surface area contributed by atoms with Crippen molar-refractivity contribution < 1.29 is 4.79 Å². The Labute approximate surface area is 122 Å². The van der Waals surface area contributed by atoms with E-state index in [0.29, 0.717) is 5.69 Å². The van der Waals surface area contributed by atoms with Gasteiger partial charge in [0.25, 0.3) is 5.91 Å². The molecule has 0 aliphatic rings. The number of nitrogen functional groups attached to an aromatic ring is 1. The Bertz CT molecular complexity index is 621. The van der Waals surface area contributed by atoms with Crippen LogP contribution in [0.4, 0.5) is 11.4 Å². The maximum Gasteiger partial charge on any atom is 0.278 e. The van der Waals surface area contributed by atoms with Gasteiger partial charge in [-0.15, -0.1) is 11.8 Å². The van der Waals surface area contributed by atoms with Crippen molar-refractivity contribution >= 4 is 29.0 Å². The van der Waals surface area contributed by atoms with Crippen LogP contribution in [0.2, 0.25) is 0 Å². The molecule has 0 fully saturated rings. The van der Waals surface area contributed by atoms with Crippen molar-refractivity contribution in [2.45, 2.75) is 24.7 Å². The molecular weight excluding hydrogens is 272 g/mol. The summed E-state index contributed by atoms with van der Waals surface area (Å²) in [5, 5.41) is 9.70. The van der Waals surface area contributed by atoms with E-state index in [1.807, 2.05) is 44.4 Å². The van der Waals surface area contributed by atoms with Gasteiger partial charge in [-0.25, -0.2) is 0 Å². The Morgan fingerprint density at radius 3 is 2.70 bits per heavy atom. The van der Waals surface area contributed by atoms with E-state index < -0.39 is 0 Å². The van der Waals surface area contributed by atoms with Crippen LogP contribution in [0, 0.1) is 0 Å². The van der Waals surface area contributed by atoms with Gasteiger partial charge in [-0.3, -0.25) is 9.89 Å². The molecule has 0 saturated carbocycles. The lowest BCUT2D eigenvalue weighted by atomic mass is 10.1. The molecular formula is C14H18N4OS. The Balaban J connectivity index is 2.24. The quantitative estimate of drug-likeness (QED) is 0.755. The van der Waals surface area contributed by atoms with Crippen molar-refractivity contribution in [1.82, 2.24) is 10.2 Å². The fourth-order valence-corrected chi connectivity index (χ4v) is 2.46. The molecule has 6 heteroatoms. The van der Waals surface area contributed by atoms with Crippen molar-refractivity contribution in [3.63, 3.8) is 0 Å². The number of nitrogens with one attached hydrogen (secondary N) is 2. The molecule has 1 aromatic carbocycles. The number of amides is 1. The number of H-pyrrole nitrogens is 1. The number of nitrogens with two attached hydrogens (primary N) is 1. The van der Waals surface area contributed by atoms with Crippen molar-refractivity contribution in [1.29, 1.82) is 0 Å². The second-order valence-corrected chi connectivity index (χ2v) is 5.56. The number of carbonyl (C=O) groups is 1. The fourth-order valence-electron chi connectivity index (χ4n) is 1.91. The highest BCUT2D eigenvalue weighted by atomic mass is 32.2. The van der Waals surface area contributed by atoms with Gasteiger partial charge in [0.05, 0.1) is 17.1 Å². The number of benzene rings is 1. The van der Waals surface area contributed by atoms with E-state index in [2.05, 4.69) is 15.5 Å². The first kappa shape index (κ1) is 14.5. The second kappa shape index (κ2) is 6.00. The van der Waals surface area contributed by atoms with Crippen molar-refractivity contribution in [3.05, 3.63) is 35.7 Å². The van der Waals surface area contributed by atoms with Crippen LogP contribution >= 0.6 is 11.8 Å². The molecule has 0 aliphatic heterocycles. The molecule has 1 aromatic heterocycles. The predicted molar refractivity (Wildman–Crippen MR) is 83.3 cm³/mol. The second-order valence-electron chi connectivity index (χ2n) is 4.71. The Hall–Kier alpha value is -1.95. The minimum atomic E-state index is -0.299. The smallest absolute Gasteiger partial charge is 0.278 e. The van der Waals surface area contributed by atoms with E-state index in [1.165, 1.54) is 0 Å². The predicted octanol–water partition coefficient (Wildman–Crippen LogP) is 3.09. The van der Waals surface area contributed by atoms with Crippen LogP contribution in [-0.4, -0.2) is 22.4 Å². The lowest BCUT2D eigenvalue weighted by molar-refractivity contribution is 0.102. The first-order valence-corrected chi connectivity index (χ1v) is 7.55. The summed E-state index contributed by atoms with van der Waals surface area (Å²) in [5.74, 6) is -0.102. The van der Waals surface area contributed by atoms with Gasteiger partial charge in [0, 0.05) is 4.90 Å². The normalized spacial score (nSPS) is 10.8. The summed E-state index contributed by atoms with van der Waals surface area (Å²) in [5.41, 5.74) is 8.17. The molecule has 0 bridgehead atoms. The average molecular weight is 290 g/mol. The number of rotatable bonds is 4. The first-order chi connectivity index (χ1) is 9.54. The zero-order chi connectivity index (χ0) is 14.7. The number of nitrogens with zero attached hydrogens (tertiary/aromatic N) is 1. The minimum absolute atomic E-state index is 0.197. The number of hydrogen-bond acceptors (Lipinski definition) is 4. The van der Waals surface area contributed by atoms with E-state index in [1.54, 1.807) is 11.8 Å². The van der Waals surface area contributed by atoms with Gasteiger partial charge in [0.15, 0.2) is 5.69 Å². The van der Waals surface area contributed by atoms with Crippen LogP contribution in [0.5, 0.6) is 0 Å². The highest BCUT2D eigenvalue weighted by Crippen LogP contribution is 2.27. The highest BCUT2D eigenvalue weighted by Gasteiger charge is 2.19. The molecule has 5 nitrogen and oxygen atoms in total. The summed E-state index contributed by atoms with van der Waals surface area (Å²) in [6.45, 7) is 3.99. The number of para-hydroxylation sites is 1. The number of aromatic nitrogens is 2. The van der Waals surface area contributed by atoms with Crippen LogP contribution < -0.4 is 11.1 Å². The molecule has 0 aliphatic carbocycles. The monoisotopic (exact) mass is 290 g/mol. The first-order valence-electron chi connectivity index (χ1n) is 6.32. The minimum Gasteiger partial charge on any atom is -0.395 e. The Morgan fingerprint density at radius 1 is 1.40 bits per heavy atom. The molecule has 0 radical (unpaired) electrons. The maximum absolute atomic E-state index is 12.3. The van der Waals surface area contributed by atoms with Crippen LogP contribution in [0.15, 0.2) is 29.2 Å². The van der Waals surface area contributed by atoms with E-state index >= 15 is 0 Å². The van der Waals surface area contributed by atoms with Crippen molar-refractivity contribution in [3.8, 4) is 0 Å². The summed E-state index contributed by atoms with van der Waals surface area (Å²) >= 11 is 1.57. The molecule has 2 aromatic rings. The molecule has 0 saturated heterocycles. The van der Waals surface area contributed by atoms with Gasteiger partial charge < -0.3 is 11.1 Å². The summed E-state index contributed by atoms with van der Waals surface area (Å²) < 4.78 is 0. The molecule has 1 amide bonds. The molecule has 0 unspecified atom stereocenters. The van der Waals surface area contributed by atoms with Crippen molar-refractivity contribution in [2.24, 2.45) is 0 Å². The molecule has 0 spiro atoms. The van der Waals surface area contributed by atoms with E-state index in [4.69, 9.17) is 5.73 Å². The molecule has 2 rings (SSSR count). The molecule has 0 atom stereocenters. The van der Waals surface area contributed by atoms with Crippen molar-refractivity contribution in [2.75, 3.05) is 17.3 Å². The van der Waals surface area contributed by atoms with Gasteiger partial charge in [-0.1, -0.05) is 26.0 Å². The fraction of sp³-hybridized carbons (Fsp3) is 0.286. The molecule has 20 heavy (non-hydrogen) atoms. The zero-order valence-electron chi connectivity index (χ0n) is 11.7. The van der Waals surface area contributed by atoms with Gasteiger partial charge >= 0.3 is 0 Å². The van der Waals surface area contributed by atoms with Gasteiger partial charge in [0.2, 0.25) is 0 Å². The number of aromatic amines is 1. The van der Waals surface area contributed by atoms with Crippen LogP contribution in [0.25, 0.3) is 0 Å². The molecule has 1 heterocycles. The molecule has 106 valence electrons. The van der Waals surface area contributed by atoms with Crippen LogP contribution in [0.1, 0.15) is 35.9 Å². The standard InChI is InChI=1S/C14H18N4OS/c1-8(2)12-11(15)13(18-17-12)14(19)16-9-6-4-5-7-10(9)20-3/h4-8H,15H2,1-3H3,(H,16,19)(H,17,18). The van der Waals surface area contributed by atoms with Gasteiger partial charge in [-0.05, 0) is 24.3 Å². The summed E-state index contributed by atoms with van der Waals surface area (Å²) in [6.07, 6.45) is 1.96. The number of carbonyl (C=O) groups excluding carboxylic acids is 1. The van der Waals surface area contributed by atoms with Gasteiger partial charge in [0.1, 0.15) is 0 Å². The van der Waals surface area contributed by atoms with E-state index in [0.717, 1.165) is 16.3 Å². The number of anilines is 2. The summed E-state index contributed by atoms with van der Waals surface area (Å²) in [6, 6.07) is 7.62. The number of hydrogen-bond donors (Lipinski definition) is 3. The lowest BCUT2D eigenvalue weighted by Crippen LogP contribution is -2.15. The third-order valence-corrected chi connectivity index (χ3v) is 3.78. The van der Waals surface area contributed by atoms with Gasteiger partial charge in [-0.2, -0.15) is 5.10 Å². The third kappa shape index (κ3) is 2.80. The average Bonchev–Trinajstić information content (AvgIpc) is 2.81. The Morgan fingerprint density at radius 2 is 2.10 bits per heavy atom. The SMILES string of the molecule is CSc1ccccc1NC(=O)c1n[nH]c(C(C)C)c1N. The largest absolute Gasteiger partial charge is 0.395 e. The van der Waals surface area contributed by atoms with Crippen LogP contribution in [0.3, 0.4) is 0 Å². The topological polar surface area (TPSA) is 83.8 Å². The number of thioether (sulfide) groups is 1. The molecule has 4 N–H and O–H groups in total. The van der Waals surface area contributed by atoms with Crippen LogP contribution in [-0.2, 0) is 0 Å². The maximum atomic E-state index is 12.3.